The molecule has 4 N–H and O–H groups in total. The molecule has 2 amide bonds. The largest absolute Gasteiger partial charge is 0.504 e. The van der Waals surface area contributed by atoms with Crippen LogP contribution in [0, 0.1) is 33.5 Å². The molecule has 2 unspecified atom stereocenters. The van der Waals surface area contributed by atoms with Gasteiger partial charge in [0.25, 0.3) is 0 Å². The molecule has 0 bridgehead atoms. The molecule has 8 nitrogen and oxygen atoms in total. The zero-order valence-electron chi connectivity index (χ0n) is 25.5. The number of amides is 2. The lowest BCUT2D eigenvalue weighted by Crippen LogP contribution is -2.65. The van der Waals surface area contributed by atoms with E-state index in [0.29, 0.717) is 17.9 Å². The Bertz CT molecular complexity index is 1330. The number of fused-ring (bicyclic) bond motifs is 7. The van der Waals surface area contributed by atoms with Crippen molar-refractivity contribution in [2.45, 2.75) is 92.2 Å². The number of methoxy groups -OCH3 is 1. The summed E-state index contributed by atoms with van der Waals surface area (Å²) < 4.78 is 4.91. The van der Waals surface area contributed by atoms with Crippen molar-refractivity contribution in [1.29, 1.82) is 0 Å². The number of primary amides is 1. The zero-order chi connectivity index (χ0) is 30.3. The molecule has 3 fully saturated rings. The minimum atomic E-state index is -1.12. The first-order valence-electron chi connectivity index (χ1n) is 15.0. The van der Waals surface area contributed by atoms with E-state index in [0.717, 1.165) is 43.3 Å². The lowest BCUT2D eigenvalue weighted by molar-refractivity contribution is -0.166. The molecule has 0 aliphatic heterocycles. The third kappa shape index (κ3) is 3.92. The Balaban J connectivity index is 1.53. The maximum absolute atomic E-state index is 12.7. The first-order valence-corrected chi connectivity index (χ1v) is 15.0. The van der Waals surface area contributed by atoms with E-state index in [1.165, 1.54) is 17.6 Å². The number of hydrogen-bond acceptors (Lipinski definition) is 6. The van der Waals surface area contributed by atoms with Gasteiger partial charge >= 0.3 is 12.0 Å². The molecule has 5 aliphatic carbocycles. The number of hydrogen-bond donors (Lipinski definition) is 3. The van der Waals surface area contributed by atoms with Gasteiger partial charge in [0.1, 0.15) is 0 Å². The number of ketones is 1. The Morgan fingerprint density at radius 3 is 2.44 bits per heavy atom. The van der Waals surface area contributed by atoms with Gasteiger partial charge in [0.2, 0.25) is 5.78 Å². The normalized spacial score (nSPS) is 40.5. The van der Waals surface area contributed by atoms with Crippen LogP contribution in [0.15, 0.2) is 46.3 Å². The molecule has 41 heavy (non-hydrogen) atoms. The number of carbonyl (C=O) groups excluding carboxylic acids is 3. The van der Waals surface area contributed by atoms with Crippen molar-refractivity contribution in [1.82, 2.24) is 4.90 Å². The minimum absolute atomic E-state index is 0.0293. The molecule has 5 aliphatic rings. The summed E-state index contributed by atoms with van der Waals surface area (Å²) in [5, 5.41) is 20.4. The summed E-state index contributed by atoms with van der Waals surface area (Å²) in [5.41, 5.74) is 9.34. The van der Waals surface area contributed by atoms with Crippen LogP contribution in [0.25, 0.3) is 0 Å². The Morgan fingerprint density at radius 2 is 1.83 bits per heavy atom. The summed E-state index contributed by atoms with van der Waals surface area (Å²) in [4.78, 5) is 39.3. The number of urea groups is 1. The quantitative estimate of drug-likeness (QED) is 0.404. The third-order valence-electron chi connectivity index (χ3n) is 12.5. The van der Waals surface area contributed by atoms with E-state index >= 15 is 0 Å². The fraction of sp³-hybridized carbons (Fsp3) is 0.667. The maximum atomic E-state index is 12.7. The lowest BCUT2D eigenvalue weighted by atomic mass is 9.35. The van der Waals surface area contributed by atoms with Gasteiger partial charge in [0, 0.05) is 17.0 Å². The Hall–Kier alpha value is -2.87. The summed E-state index contributed by atoms with van der Waals surface area (Å²) in [5.74, 6) is -0.707. The highest BCUT2D eigenvalue weighted by atomic mass is 16.5. The molecule has 0 radical (unpaired) electrons. The van der Waals surface area contributed by atoms with Crippen molar-refractivity contribution in [3.05, 3.63) is 46.3 Å². The second-order valence-electron chi connectivity index (χ2n) is 14.3. The molecule has 0 aromatic rings. The molecule has 0 aromatic carbocycles. The van der Waals surface area contributed by atoms with E-state index < -0.39 is 24.6 Å². The van der Waals surface area contributed by atoms with Gasteiger partial charge in [0.05, 0.1) is 13.7 Å². The van der Waals surface area contributed by atoms with Gasteiger partial charge in [-0.25, -0.2) is 9.59 Å². The fourth-order valence-corrected chi connectivity index (χ4v) is 9.90. The van der Waals surface area contributed by atoms with Crippen LogP contribution in [-0.4, -0.2) is 58.7 Å². The summed E-state index contributed by atoms with van der Waals surface area (Å²) in [7, 11) is 1.25. The topological polar surface area (TPSA) is 130 Å². The number of carbonyl (C=O) groups is 3. The first kappa shape index (κ1) is 29.6. The average Bonchev–Trinajstić information content (AvgIpc) is 2.92. The molecular formula is C33H46N2O6. The highest BCUT2D eigenvalue weighted by Crippen LogP contribution is 2.75. The monoisotopic (exact) mass is 566 g/mol. The minimum Gasteiger partial charge on any atom is -0.504 e. The number of ether oxygens (including phenoxy) is 1. The summed E-state index contributed by atoms with van der Waals surface area (Å²) in [6.45, 7) is 12.9. The molecule has 8 atom stereocenters. The molecule has 0 spiro atoms. The van der Waals surface area contributed by atoms with Crippen molar-refractivity contribution in [2.24, 2.45) is 39.2 Å². The van der Waals surface area contributed by atoms with Crippen LogP contribution in [-0.2, 0) is 14.3 Å². The second-order valence-corrected chi connectivity index (χ2v) is 14.3. The predicted octanol–water partition coefficient (Wildman–Crippen LogP) is 5.14. The van der Waals surface area contributed by atoms with Gasteiger partial charge in [-0.2, -0.15) is 0 Å². The van der Waals surface area contributed by atoms with Crippen LogP contribution in [0.4, 0.5) is 4.79 Å². The van der Waals surface area contributed by atoms with Crippen molar-refractivity contribution in [3.63, 3.8) is 0 Å². The highest BCUT2D eigenvalue weighted by molar-refractivity contribution is 6.06. The average molecular weight is 567 g/mol. The van der Waals surface area contributed by atoms with E-state index in [4.69, 9.17) is 10.5 Å². The molecular weight excluding hydrogens is 520 g/mol. The number of aliphatic hydroxyl groups is 2. The molecule has 5 rings (SSSR count). The molecule has 224 valence electrons. The lowest BCUT2D eigenvalue weighted by Gasteiger charge is -2.70. The number of rotatable bonds is 4. The van der Waals surface area contributed by atoms with Crippen LogP contribution < -0.4 is 5.73 Å². The Kier molecular flexibility index (Phi) is 6.92. The number of aliphatic hydroxyl groups excluding tert-OH is 2. The van der Waals surface area contributed by atoms with Crippen molar-refractivity contribution >= 4 is 17.8 Å². The van der Waals surface area contributed by atoms with E-state index in [1.807, 2.05) is 6.92 Å². The zero-order valence-corrected chi connectivity index (χ0v) is 25.5. The van der Waals surface area contributed by atoms with Crippen molar-refractivity contribution in [2.75, 3.05) is 13.7 Å². The second kappa shape index (κ2) is 9.58. The van der Waals surface area contributed by atoms with Gasteiger partial charge in [-0.15, -0.1) is 0 Å². The first-order chi connectivity index (χ1) is 19.1. The van der Waals surface area contributed by atoms with Crippen LogP contribution in [0.1, 0.15) is 80.1 Å². The molecule has 0 saturated heterocycles. The third-order valence-corrected chi connectivity index (χ3v) is 12.5. The highest BCUT2D eigenvalue weighted by Gasteiger charge is 2.67. The summed E-state index contributed by atoms with van der Waals surface area (Å²) in [6, 6.07) is -2.12. The fourth-order valence-electron chi connectivity index (χ4n) is 9.90. The van der Waals surface area contributed by atoms with Gasteiger partial charge in [-0.1, -0.05) is 52.3 Å². The van der Waals surface area contributed by atoms with Crippen molar-refractivity contribution in [3.8, 4) is 0 Å². The molecule has 8 heteroatoms. The van der Waals surface area contributed by atoms with Crippen LogP contribution >= 0.6 is 0 Å². The summed E-state index contributed by atoms with van der Waals surface area (Å²) >= 11 is 0. The Morgan fingerprint density at radius 1 is 1.15 bits per heavy atom. The van der Waals surface area contributed by atoms with Gasteiger partial charge in [-0.3, -0.25) is 4.79 Å². The molecule has 3 saturated carbocycles. The van der Waals surface area contributed by atoms with Gasteiger partial charge < -0.3 is 25.6 Å². The number of esters is 1. The van der Waals surface area contributed by atoms with Crippen LogP contribution in [0.5, 0.6) is 0 Å². The predicted molar refractivity (Wildman–Crippen MR) is 155 cm³/mol. The Labute approximate surface area is 243 Å². The molecule has 0 heterocycles. The van der Waals surface area contributed by atoms with Crippen LogP contribution in [0.3, 0.4) is 0 Å². The van der Waals surface area contributed by atoms with Gasteiger partial charge in [0.15, 0.2) is 11.8 Å². The standard InChI is InChI=1S/C33H46N2O6/c1-18-14-26-30(3,16-22(18)35(29(34)40)23(17-36)28(39)41-7)10-12-32(5)25-9-8-20-19(2)27(38)24(37)15-21(20)31(25,4)11-13-33(26,32)6/h8-9,15,18,22-23,26,36,38H,10-14,16-17H2,1-7H3,(H2,34,40)/t18-,22?,23?,26-,30+,31+,32-,33+/m1/s1. The van der Waals surface area contributed by atoms with E-state index in [-0.39, 0.29) is 45.2 Å². The van der Waals surface area contributed by atoms with Crippen molar-refractivity contribution < 1.29 is 29.3 Å². The summed E-state index contributed by atoms with van der Waals surface area (Å²) in [6.07, 6.45) is 11.4. The maximum Gasteiger partial charge on any atom is 0.331 e. The number of nitrogens with zero attached hydrogens (tertiary/aromatic N) is 1. The number of allylic oxidation sites excluding steroid dienone is 7. The van der Waals surface area contributed by atoms with Gasteiger partial charge in [-0.05, 0) is 90.8 Å². The van der Waals surface area contributed by atoms with E-state index in [9.17, 15) is 24.6 Å². The number of nitrogens with two attached hydrogens (primary N) is 1. The smallest absolute Gasteiger partial charge is 0.331 e. The van der Waals surface area contributed by atoms with E-state index in [2.05, 4.69) is 46.8 Å². The molecule has 0 aromatic heterocycles. The van der Waals surface area contributed by atoms with Crippen LogP contribution in [0.2, 0.25) is 0 Å². The van der Waals surface area contributed by atoms with E-state index in [1.54, 1.807) is 6.08 Å². The SMILES string of the molecule is COC(=O)C(CO)N(C(N)=O)C1C[C@]2(C)CC[C@]3(C)C4=CC=C5C(=CC(=O)C(O)=C5C)[C@]4(C)CC[C@@]3(C)[C@@H]2C[C@H]1C.